The summed E-state index contributed by atoms with van der Waals surface area (Å²) in [6.07, 6.45) is 3.59. The Hall–Kier alpha value is -2.45. The summed E-state index contributed by atoms with van der Waals surface area (Å²) in [5, 5.41) is 3.00. The molecular weight excluding hydrogens is 406 g/mol. The summed E-state index contributed by atoms with van der Waals surface area (Å²) >= 11 is 2.61. The summed E-state index contributed by atoms with van der Waals surface area (Å²) in [5.41, 5.74) is 4.14. The zero-order valence-corrected chi connectivity index (χ0v) is 18.5. The highest BCUT2D eigenvalue weighted by molar-refractivity contribution is 7.99. The van der Waals surface area contributed by atoms with Crippen LogP contribution in [0.3, 0.4) is 0 Å². The van der Waals surface area contributed by atoms with Gasteiger partial charge in [-0.15, -0.1) is 11.3 Å². The number of hydrogen-bond donors (Lipinski definition) is 0. The van der Waals surface area contributed by atoms with Gasteiger partial charge in [0.1, 0.15) is 5.01 Å². The number of ether oxygens (including phenoxy) is 1. The SMILES string of the molecule is CCOC(=O)[C@H](C(=O)CSc1nccn1-c1cccc(C)c1C)c1nc(C)cs1. The summed E-state index contributed by atoms with van der Waals surface area (Å²) in [7, 11) is 0. The van der Waals surface area contributed by atoms with Crippen molar-refractivity contribution in [2.75, 3.05) is 12.4 Å². The molecule has 8 heteroatoms. The van der Waals surface area contributed by atoms with Crippen LogP contribution in [0.1, 0.15) is 34.7 Å². The van der Waals surface area contributed by atoms with Crippen LogP contribution in [0.5, 0.6) is 0 Å². The Bertz CT molecular complexity index is 1030. The van der Waals surface area contributed by atoms with Gasteiger partial charge in [0.05, 0.1) is 18.0 Å². The van der Waals surface area contributed by atoms with E-state index < -0.39 is 11.9 Å². The fraction of sp³-hybridized carbons (Fsp3) is 0.333. The van der Waals surface area contributed by atoms with Gasteiger partial charge in [0.25, 0.3) is 0 Å². The van der Waals surface area contributed by atoms with Crippen LogP contribution in [0.25, 0.3) is 5.69 Å². The number of esters is 1. The van der Waals surface area contributed by atoms with Gasteiger partial charge in [0.2, 0.25) is 0 Å². The lowest BCUT2D eigenvalue weighted by Gasteiger charge is -2.14. The van der Waals surface area contributed by atoms with Gasteiger partial charge < -0.3 is 4.74 Å². The Kier molecular flexibility index (Phi) is 6.87. The smallest absolute Gasteiger partial charge is 0.323 e. The molecule has 0 amide bonds. The van der Waals surface area contributed by atoms with E-state index in [0.717, 1.165) is 16.9 Å². The van der Waals surface area contributed by atoms with Gasteiger partial charge in [0.15, 0.2) is 16.9 Å². The van der Waals surface area contributed by atoms with Gasteiger partial charge in [-0.1, -0.05) is 23.9 Å². The van der Waals surface area contributed by atoms with E-state index in [0.29, 0.717) is 10.2 Å². The third kappa shape index (κ3) is 4.76. The van der Waals surface area contributed by atoms with Crippen molar-refractivity contribution in [1.82, 2.24) is 14.5 Å². The normalized spacial score (nSPS) is 12.0. The van der Waals surface area contributed by atoms with Crippen molar-refractivity contribution in [3.8, 4) is 5.69 Å². The van der Waals surface area contributed by atoms with Crippen molar-refractivity contribution in [1.29, 1.82) is 0 Å². The molecule has 1 aromatic carbocycles. The molecule has 0 N–H and O–H groups in total. The second-order valence-corrected chi connectivity index (χ2v) is 8.40. The molecule has 0 saturated carbocycles. The lowest BCUT2D eigenvalue weighted by molar-refractivity contribution is -0.147. The largest absolute Gasteiger partial charge is 0.465 e. The molecular formula is C21H23N3O3S2. The average molecular weight is 430 g/mol. The highest BCUT2D eigenvalue weighted by Crippen LogP contribution is 2.28. The summed E-state index contributed by atoms with van der Waals surface area (Å²) in [6, 6.07) is 6.08. The number of nitrogens with zero attached hydrogens (tertiary/aromatic N) is 3. The van der Waals surface area contributed by atoms with Crippen LogP contribution in [-0.4, -0.2) is 38.6 Å². The van der Waals surface area contributed by atoms with E-state index >= 15 is 0 Å². The molecule has 1 atom stereocenters. The Morgan fingerprint density at radius 1 is 1.28 bits per heavy atom. The number of aryl methyl sites for hydroxylation is 2. The molecule has 0 fully saturated rings. The first-order chi connectivity index (χ1) is 13.9. The van der Waals surface area contributed by atoms with Crippen molar-refractivity contribution in [3.05, 3.63) is 57.8 Å². The van der Waals surface area contributed by atoms with Crippen molar-refractivity contribution < 1.29 is 14.3 Å². The van der Waals surface area contributed by atoms with E-state index in [2.05, 4.69) is 29.9 Å². The van der Waals surface area contributed by atoms with Gasteiger partial charge in [-0.25, -0.2) is 9.97 Å². The zero-order valence-electron chi connectivity index (χ0n) is 16.8. The number of thioether (sulfide) groups is 1. The predicted molar refractivity (Wildman–Crippen MR) is 115 cm³/mol. The summed E-state index contributed by atoms with van der Waals surface area (Å²) in [5.74, 6) is -1.68. The molecule has 2 aromatic heterocycles. The van der Waals surface area contributed by atoms with Crippen molar-refractivity contribution in [3.63, 3.8) is 0 Å². The monoisotopic (exact) mass is 429 g/mol. The minimum absolute atomic E-state index is 0.101. The van der Waals surface area contributed by atoms with E-state index in [-0.39, 0.29) is 18.1 Å². The molecule has 2 heterocycles. The number of ketones is 1. The van der Waals surface area contributed by atoms with Gasteiger partial charge in [-0.05, 0) is 44.9 Å². The van der Waals surface area contributed by atoms with Crippen LogP contribution in [0.2, 0.25) is 0 Å². The molecule has 0 spiro atoms. The molecule has 0 unspecified atom stereocenters. The van der Waals surface area contributed by atoms with Crippen molar-refractivity contribution in [2.45, 2.75) is 38.8 Å². The van der Waals surface area contributed by atoms with E-state index in [4.69, 9.17) is 4.74 Å². The van der Waals surface area contributed by atoms with E-state index in [1.807, 2.05) is 35.2 Å². The maximum absolute atomic E-state index is 12.9. The summed E-state index contributed by atoms with van der Waals surface area (Å²) in [4.78, 5) is 34.1. The van der Waals surface area contributed by atoms with Crippen LogP contribution in [0.4, 0.5) is 0 Å². The lowest BCUT2D eigenvalue weighted by Crippen LogP contribution is -2.25. The Morgan fingerprint density at radius 3 is 2.76 bits per heavy atom. The minimum atomic E-state index is -0.995. The number of carbonyl (C=O) groups is 2. The topological polar surface area (TPSA) is 74.1 Å². The molecule has 0 aliphatic carbocycles. The Labute approximate surface area is 178 Å². The molecule has 3 aromatic rings. The van der Waals surface area contributed by atoms with E-state index in [1.165, 1.54) is 28.7 Å². The number of imidazole rings is 1. The second kappa shape index (κ2) is 9.37. The molecule has 152 valence electrons. The van der Waals surface area contributed by atoms with Gasteiger partial charge in [-0.2, -0.15) is 0 Å². The summed E-state index contributed by atoms with van der Waals surface area (Å²) in [6.45, 7) is 7.90. The first-order valence-corrected chi connectivity index (χ1v) is 11.1. The zero-order chi connectivity index (χ0) is 21.0. The van der Waals surface area contributed by atoms with Crippen molar-refractivity contribution >= 4 is 34.9 Å². The standard InChI is InChI=1S/C21H23N3O3S2/c1-5-27-20(26)18(19-23-14(3)11-28-19)17(25)12-29-21-22-9-10-24(21)16-8-6-7-13(2)15(16)4/h6-11,18H,5,12H2,1-4H3/t18-/m1/s1. The minimum Gasteiger partial charge on any atom is -0.465 e. The third-order valence-corrected chi connectivity index (χ3v) is 6.53. The van der Waals surface area contributed by atoms with Crippen LogP contribution in [-0.2, 0) is 14.3 Å². The van der Waals surface area contributed by atoms with Gasteiger partial charge in [0, 0.05) is 23.5 Å². The molecule has 0 bridgehead atoms. The van der Waals surface area contributed by atoms with Gasteiger partial charge in [-0.3, -0.25) is 14.2 Å². The Morgan fingerprint density at radius 2 is 2.07 bits per heavy atom. The number of rotatable bonds is 8. The number of aromatic nitrogens is 3. The maximum Gasteiger partial charge on any atom is 0.323 e. The number of carbonyl (C=O) groups excluding carboxylic acids is 2. The number of hydrogen-bond acceptors (Lipinski definition) is 7. The van der Waals surface area contributed by atoms with Crippen LogP contribution in [0.15, 0.2) is 41.1 Å². The maximum atomic E-state index is 12.9. The number of thiazole rings is 1. The highest BCUT2D eigenvalue weighted by Gasteiger charge is 2.32. The van der Waals surface area contributed by atoms with Gasteiger partial charge >= 0.3 is 5.97 Å². The molecule has 29 heavy (non-hydrogen) atoms. The molecule has 3 rings (SSSR count). The fourth-order valence-electron chi connectivity index (χ4n) is 2.90. The quantitative estimate of drug-likeness (QED) is 0.303. The lowest BCUT2D eigenvalue weighted by atomic mass is 10.1. The summed E-state index contributed by atoms with van der Waals surface area (Å²) < 4.78 is 7.09. The van der Waals surface area contributed by atoms with Crippen molar-refractivity contribution in [2.24, 2.45) is 0 Å². The molecule has 0 radical (unpaired) electrons. The fourth-order valence-corrected chi connectivity index (χ4v) is 4.67. The van der Waals surface area contributed by atoms with Crippen LogP contribution in [0, 0.1) is 20.8 Å². The molecule has 0 aliphatic rings. The third-order valence-electron chi connectivity index (χ3n) is 4.51. The van der Waals surface area contributed by atoms with Crippen LogP contribution < -0.4 is 0 Å². The Balaban J connectivity index is 1.80. The predicted octanol–water partition coefficient (Wildman–Crippen LogP) is 4.26. The number of Topliss-reactive ketones (excluding diaryl/α,β-unsaturated/α-hetero) is 1. The first kappa shape index (κ1) is 21.3. The van der Waals surface area contributed by atoms with E-state index in [1.54, 1.807) is 13.1 Å². The molecule has 0 aliphatic heterocycles. The average Bonchev–Trinajstić information content (AvgIpc) is 3.32. The van der Waals surface area contributed by atoms with Crippen LogP contribution >= 0.6 is 23.1 Å². The highest BCUT2D eigenvalue weighted by atomic mass is 32.2. The second-order valence-electron chi connectivity index (χ2n) is 6.57. The first-order valence-electron chi connectivity index (χ1n) is 9.26. The molecule has 0 saturated heterocycles. The molecule has 6 nitrogen and oxygen atoms in total. The van der Waals surface area contributed by atoms with E-state index in [9.17, 15) is 9.59 Å². The number of benzene rings is 1.